The Morgan fingerprint density at radius 1 is 1.23 bits per heavy atom. The second-order valence-electron chi connectivity index (χ2n) is 6.03. The summed E-state index contributed by atoms with van der Waals surface area (Å²) < 4.78 is 5.78. The molecule has 6 nitrogen and oxygen atoms in total. The molecule has 3 rings (SSSR count). The molecule has 0 spiro atoms. The smallest absolute Gasteiger partial charge is 0.335 e. The van der Waals surface area contributed by atoms with Gasteiger partial charge in [0.15, 0.2) is 0 Å². The Morgan fingerprint density at radius 2 is 2.00 bits per heavy atom. The molecule has 0 aliphatic heterocycles. The van der Waals surface area contributed by atoms with Crippen molar-refractivity contribution in [2.24, 2.45) is 0 Å². The number of carboxylic acid groups (broad SMARTS) is 1. The van der Waals surface area contributed by atoms with Crippen molar-refractivity contribution in [2.45, 2.75) is 27.2 Å². The predicted octanol–water partition coefficient (Wildman–Crippen LogP) is 3.56. The van der Waals surface area contributed by atoms with Gasteiger partial charge in [0.05, 0.1) is 28.6 Å². The third-order valence-electron chi connectivity index (χ3n) is 4.24. The minimum absolute atomic E-state index is 0.0522. The molecule has 0 aliphatic carbocycles. The zero-order valence-corrected chi connectivity index (χ0v) is 14.9. The van der Waals surface area contributed by atoms with E-state index < -0.39 is 5.97 Å². The summed E-state index contributed by atoms with van der Waals surface area (Å²) in [5.41, 5.74) is 2.93. The van der Waals surface area contributed by atoms with E-state index in [1.165, 1.54) is 12.1 Å². The predicted molar refractivity (Wildman–Crippen MR) is 100 cm³/mol. The molecule has 26 heavy (non-hydrogen) atoms. The van der Waals surface area contributed by atoms with Gasteiger partial charge >= 0.3 is 5.97 Å². The average Bonchev–Trinajstić information content (AvgIpc) is 2.62. The summed E-state index contributed by atoms with van der Waals surface area (Å²) >= 11 is 0. The van der Waals surface area contributed by atoms with Crippen molar-refractivity contribution in [1.29, 1.82) is 0 Å². The van der Waals surface area contributed by atoms with Crippen molar-refractivity contribution in [3.8, 4) is 17.1 Å². The van der Waals surface area contributed by atoms with Gasteiger partial charge in [0.25, 0.3) is 5.56 Å². The normalized spacial score (nSPS) is 10.9. The highest BCUT2D eigenvalue weighted by atomic mass is 16.5. The fourth-order valence-electron chi connectivity index (χ4n) is 2.96. The number of carboxylic acids is 1. The number of aromatic carboxylic acids is 1. The zero-order valence-electron chi connectivity index (χ0n) is 14.9. The van der Waals surface area contributed by atoms with Crippen LogP contribution in [0.2, 0.25) is 0 Å². The van der Waals surface area contributed by atoms with Crippen LogP contribution in [0, 0.1) is 6.92 Å². The van der Waals surface area contributed by atoms with Crippen LogP contribution in [0.25, 0.3) is 22.3 Å². The third kappa shape index (κ3) is 3.18. The molecule has 0 amide bonds. The number of hydrogen-bond acceptors (Lipinski definition) is 4. The first-order valence-corrected chi connectivity index (χ1v) is 8.48. The monoisotopic (exact) mass is 352 g/mol. The molecular weight excluding hydrogens is 332 g/mol. The van der Waals surface area contributed by atoms with Gasteiger partial charge in [0.1, 0.15) is 11.6 Å². The highest BCUT2D eigenvalue weighted by Gasteiger charge is 2.15. The molecule has 0 bridgehead atoms. The molecular formula is C20H20N2O4. The van der Waals surface area contributed by atoms with E-state index in [-0.39, 0.29) is 16.5 Å². The number of aromatic amines is 1. The molecule has 1 heterocycles. The molecule has 0 atom stereocenters. The molecule has 0 aliphatic rings. The average molecular weight is 352 g/mol. The van der Waals surface area contributed by atoms with Gasteiger partial charge in [0.2, 0.25) is 0 Å². The number of benzene rings is 2. The largest absolute Gasteiger partial charge is 0.493 e. The maximum atomic E-state index is 12.5. The Balaban J connectivity index is 2.26. The summed E-state index contributed by atoms with van der Waals surface area (Å²) in [4.78, 5) is 31.0. The lowest BCUT2D eigenvalue weighted by Gasteiger charge is -2.15. The van der Waals surface area contributed by atoms with Gasteiger partial charge in [-0.15, -0.1) is 0 Å². The van der Waals surface area contributed by atoms with Crippen LogP contribution < -0.4 is 10.3 Å². The Morgan fingerprint density at radius 3 is 2.65 bits per heavy atom. The van der Waals surface area contributed by atoms with E-state index in [0.717, 1.165) is 23.1 Å². The number of ether oxygens (including phenoxy) is 1. The van der Waals surface area contributed by atoms with Gasteiger partial charge in [-0.3, -0.25) is 4.79 Å². The van der Waals surface area contributed by atoms with Crippen LogP contribution in [0.1, 0.15) is 35.3 Å². The molecule has 0 radical (unpaired) electrons. The summed E-state index contributed by atoms with van der Waals surface area (Å²) in [7, 11) is 0. The van der Waals surface area contributed by atoms with Gasteiger partial charge in [-0.25, -0.2) is 9.78 Å². The maximum absolute atomic E-state index is 12.5. The highest BCUT2D eigenvalue weighted by molar-refractivity contribution is 5.93. The van der Waals surface area contributed by atoms with Crippen molar-refractivity contribution in [2.75, 3.05) is 6.61 Å². The first-order chi connectivity index (χ1) is 12.4. The SMILES string of the molecule is CCOc1c(C)cc(CC)cc1-c1nc2ccc(C(=O)O)cc2c(=O)[nH]1. The summed E-state index contributed by atoms with van der Waals surface area (Å²) in [6, 6.07) is 8.36. The first kappa shape index (κ1) is 17.7. The van der Waals surface area contributed by atoms with E-state index in [9.17, 15) is 9.59 Å². The van der Waals surface area contributed by atoms with Crippen LogP contribution in [-0.2, 0) is 6.42 Å². The van der Waals surface area contributed by atoms with Gasteiger partial charge in [0, 0.05) is 0 Å². The number of hydrogen-bond donors (Lipinski definition) is 2. The van der Waals surface area contributed by atoms with Crippen molar-refractivity contribution >= 4 is 16.9 Å². The zero-order chi connectivity index (χ0) is 18.8. The number of aromatic nitrogens is 2. The summed E-state index contributed by atoms with van der Waals surface area (Å²) in [5.74, 6) is 0.0158. The third-order valence-corrected chi connectivity index (χ3v) is 4.24. The number of fused-ring (bicyclic) bond motifs is 1. The maximum Gasteiger partial charge on any atom is 0.335 e. The Kier molecular flexibility index (Phi) is 4.75. The highest BCUT2D eigenvalue weighted by Crippen LogP contribution is 2.33. The lowest BCUT2D eigenvalue weighted by molar-refractivity contribution is 0.0697. The second kappa shape index (κ2) is 7.00. The van der Waals surface area contributed by atoms with Crippen LogP contribution in [0.5, 0.6) is 5.75 Å². The number of rotatable bonds is 5. The minimum atomic E-state index is -1.08. The van der Waals surface area contributed by atoms with E-state index in [4.69, 9.17) is 9.84 Å². The van der Waals surface area contributed by atoms with Gasteiger partial charge < -0.3 is 14.8 Å². The number of carbonyl (C=O) groups is 1. The van der Waals surface area contributed by atoms with Crippen molar-refractivity contribution in [3.05, 3.63) is 57.4 Å². The van der Waals surface area contributed by atoms with Crippen LogP contribution in [0.3, 0.4) is 0 Å². The van der Waals surface area contributed by atoms with Crippen LogP contribution in [0.4, 0.5) is 0 Å². The Hall–Kier alpha value is -3.15. The summed E-state index contributed by atoms with van der Waals surface area (Å²) in [5, 5.41) is 9.35. The van der Waals surface area contributed by atoms with Gasteiger partial charge in [-0.2, -0.15) is 0 Å². The molecule has 2 N–H and O–H groups in total. The molecule has 1 aromatic heterocycles. The number of nitrogens with one attached hydrogen (secondary N) is 1. The van der Waals surface area contributed by atoms with E-state index in [0.29, 0.717) is 23.7 Å². The molecule has 0 saturated heterocycles. The van der Waals surface area contributed by atoms with Gasteiger partial charge in [-0.05, 0) is 55.7 Å². The number of nitrogens with zero attached hydrogens (tertiary/aromatic N) is 1. The lowest BCUT2D eigenvalue weighted by Crippen LogP contribution is -2.11. The minimum Gasteiger partial charge on any atom is -0.493 e. The van der Waals surface area contributed by atoms with E-state index in [1.54, 1.807) is 6.07 Å². The Bertz CT molecular complexity index is 1050. The number of aryl methyl sites for hydroxylation is 2. The second-order valence-corrected chi connectivity index (χ2v) is 6.03. The summed E-state index contributed by atoms with van der Waals surface area (Å²) in [6.07, 6.45) is 0.847. The van der Waals surface area contributed by atoms with E-state index >= 15 is 0 Å². The van der Waals surface area contributed by atoms with Gasteiger partial charge in [-0.1, -0.05) is 13.0 Å². The molecule has 2 aromatic carbocycles. The van der Waals surface area contributed by atoms with Crippen LogP contribution >= 0.6 is 0 Å². The first-order valence-electron chi connectivity index (χ1n) is 8.48. The topological polar surface area (TPSA) is 92.3 Å². The van der Waals surface area contributed by atoms with Crippen molar-refractivity contribution in [3.63, 3.8) is 0 Å². The fraction of sp³-hybridized carbons (Fsp3) is 0.250. The molecule has 6 heteroatoms. The standard InChI is InChI=1S/C20H20N2O4/c1-4-12-8-11(3)17(26-5-2)15(9-12)18-21-16-7-6-13(20(24)25)10-14(16)19(23)22-18/h6-10H,4-5H2,1-3H3,(H,24,25)(H,21,22,23). The lowest BCUT2D eigenvalue weighted by atomic mass is 10.0. The molecule has 0 fully saturated rings. The van der Waals surface area contributed by atoms with Crippen LogP contribution in [-0.4, -0.2) is 27.7 Å². The summed E-state index contributed by atoms with van der Waals surface area (Å²) in [6.45, 7) is 6.43. The molecule has 134 valence electrons. The van der Waals surface area contributed by atoms with Crippen LogP contribution in [0.15, 0.2) is 35.1 Å². The molecule has 0 saturated carbocycles. The molecule has 3 aromatic rings. The number of H-pyrrole nitrogens is 1. The molecule has 0 unspecified atom stereocenters. The van der Waals surface area contributed by atoms with E-state index in [2.05, 4.69) is 23.0 Å². The van der Waals surface area contributed by atoms with Crippen molar-refractivity contribution < 1.29 is 14.6 Å². The fourth-order valence-corrected chi connectivity index (χ4v) is 2.96. The van der Waals surface area contributed by atoms with Crippen molar-refractivity contribution in [1.82, 2.24) is 9.97 Å². The quantitative estimate of drug-likeness (QED) is 0.732. The van der Waals surface area contributed by atoms with E-state index in [1.807, 2.05) is 19.9 Å². The Labute approximate surface area is 150 Å².